The maximum atomic E-state index is 10.2. The van der Waals surface area contributed by atoms with Crippen molar-refractivity contribution in [2.45, 2.75) is 78.4 Å². The predicted octanol–water partition coefficient (Wildman–Crippen LogP) is 6.44. The molecule has 6 atom stereocenters. The van der Waals surface area contributed by atoms with Crippen LogP contribution in [0, 0.1) is 28.6 Å². The van der Waals surface area contributed by atoms with E-state index in [2.05, 4.69) is 50.2 Å². The van der Waals surface area contributed by atoms with Gasteiger partial charge in [-0.15, -0.1) is 0 Å². The number of hydrogen-bond donors (Lipinski definition) is 1. The molecule has 1 unspecified atom stereocenters. The lowest BCUT2D eigenvalue weighted by Crippen LogP contribution is -2.50. The second kappa shape index (κ2) is 7.92. The summed E-state index contributed by atoms with van der Waals surface area (Å²) in [5, 5.41) is 14.8. The number of hydrogen-bond acceptors (Lipinski definition) is 3. The van der Waals surface area contributed by atoms with Crippen LogP contribution in [0.4, 0.5) is 0 Å². The maximum absolute atomic E-state index is 10.2. The molecule has 2 fully saturated rings. The Morgan fingerprint density at radius 3 is 2.61 bits per heavy atom. The molecule has 1 aromatic rings. The smallest absolute Gasteiger partial charge is 0.142 e. The lowest BCUT2D eigenvalue weighted by Gasteiger charge is -2.57. The fraction of sp³-hybridized carbons (Fsp3) is 0.607. The van der Waals surface area contributed by atoms with E-state index in [0.29, 0.717) is 17.9 Å². The molecular formula is C28H37NO2. The first kappa shape index (κ1) is 21.0. The lowest BCUT2D eigenvalue weighted by atomic mass is 9.47. The minimum atomic E-state index is -0.126. The van der Waals surface area contributed by atoms with E-state index in [4.69, 9.17) is 4.84 Å². The van der Waals surface area contributed by atoms with Crippen molar-refractivity contribution < 1.29 is 9.94 Å². The van der Waals surface area contributed by atoms with E-state index in [-0.39, 0.29) is 11.5 Å². The van der Waals surface area contributed by atoms with E-state index in [0.717, 1.165) is 42.4 Å². The summed E-state index contributed by atoms with van der Waals surface area (Å²) in [6.07, 6.45) is 12.7. The Morgan fingerprint density at radius 1 is 1.03 bits per heavy atom. The Kier molecular flexibility index (Phi) is 5.37. The lowest BCUT2D eigenvalue weighted by molar-refractivity contribution is -0.0280. The number of nitrogens with zero attached hydrogens (tertiary/aromatic N) is 1. The molecule has 166 valence electrons. The van der Waals surface area contributed by atoms with Crippen LogP contribution in [0.1, 0.15) is 71.3 Å². The third-order valence-electron chi connectivity index (χ3n) is 9.32. The highest BCUT2D eigenvalue weighted by Gasteiger charge is 2.56. The molecule has 4 aliphatic carbocycles. The number of oxime groups is 1. The average Bonchev–Trinajstić information content (AvgIpc) is 3.12. The average molecular weight is 420 g/mol. The highest BCUT2D eigenvalue weighted by molar-refractivity contribution is 5.99. The molecule has 0 amide bonds. The zero-order chi connectivity index (χ0) is 21.6. The predicted molar refractivity (Wildman–Crippen MR) is 126 cm³/mol. The second-order valence-electron chi connectivity index (χ2n) is 10.9. The first-order valence-electron chi connectivity index (χ1n) is 12.2. The van der Waals surface area contributed by atoms with Crippen LogP contribution in [0.5, 0.6) is 0 Å². The van der Waals surface area contributed by atoms with Crippen LogP contribution in [0.3, 0.4) is 0 Å². The fourth-order valence-electron chi connectivity index (χ4n) is 7.60. The van der Waals surface area contributed by atoms with Gasteiger partial charge < -0.3 is 9.94 Å². The minimum Gasteiger partial charge on any atom is -0.393 e. The number of rotatable bonds is 4. The summed E-state index contributed by atoms with van der Waals surface area (Å²) in [5.74, 6) is 2.20. The molecule has 0 radical (unpaired) electrons. The standard InChI is InChI=1S/C28H37NO2/c1-19(29-31-18-20-7-5-4-6-8-20)24-11-12-25-23-10-9-21-17-22(30)13-15-27(21,2)26(23)14-16-28(24,25)3/h4-9,11,22-23,25-26,30H,10,12-18H2,1-3H3/t22?,23-,25-,26-,27-,28+/m0/s1. The zero-order valence-corrected chi connectivity index (χ0v) is 19.3. The van der Waals surface area contributed by atoms with E-state index in [1.165, 1.54) is 31.3 Å². The van der Waals surface area contributed by atoms with Gasteiger partial charge in [0.1, 0.15) is 6.61 Å². The SMILES string of the molecule is CC(=NOCc1ccccc1)C1=CC[C@H]2[C@@H]3CC=C4CC(O)CC[C@]4(C)[C@H]3CC[C@]12C. The maximum Gasteiger partial charge on any atom is 0.142 e. The number of aliphatic hydroxyl groups excluding tert-OH is 1. The van der Waals surface area contributed by atoms with E-state index in [9.17, 15) is 5.11 Å². The molecule has 3 nitrogen and oxygen atoms in total. The number of allylic oxidation sites excluding steroid dienone is 3. The van der Waals surface area contributed by atoms with Crippen LogP contribution < -0.4 is 0 Å². The van der Waals surface area contributed by atoms with Gasteiger partial charge in [0.25, 0.3) is 0 Å². The Balaban J connectivity index is 1.32. The van der Waals surface area contributed by atoms with Gasteiger partial charge in [-0.05, 0) is 91.6 Å². The van der Waals surface area contributed by atoms with Crippen molar-refractivity contribution in [2.24, 2.45) is 33.7 Å². The van der Waals surface area contributed by atoms with Gasteiger partial charge in [0.15, 0.2) is 0 Å². The highest BCUT2D eigenvalue weighted by atomic mass is 16.6. The monoisotopic (exact) mass is 419 g/mol. The van der Waals surface area contributed by atoms with Crippen LogP contribution in [0.25, 0.3) is 0 Å². The molecule has 0 heterocycles. The quantitative estimate of drug-likeness (QED) is 0.347. The summed E-state index contributed by atoms with van der Waals surface area (Å²) in [6, 6.07) is 10.3. The summed E-state index contributed by atoms with van der Waals surface area (Å²) in [6.45, 7) is 7.63. The molecule has 0 aliphatic heterocycles. The first-order valence-corrected chi connectivity index (χ1v) is 12.2. The van der Waals surface area contributed by atoms with Gasteiger partial charge in [-0.2, -0.15) is 0 Å². The Morgan fingerprint density at radius 2 is 1.81 bits per heavy atom. The van der Waals surface area contributed by atoms with Crippen LogP contribution >= 0.6 is 0 Å². The number of fused-ring (bicyclic) bond motifs is 5. The highest BCUT2D eigenvalue weighted by Crippen LogP contribution is 2.65. The molecule has 0 saturated heterocycles. The summed E-state index contributed by atoms with van der Waals surface area (Å²) in [5.41, 5.74) is 5.69. The van der Waals surface area contributed by atoms with Crippen molar-refractivity contribution in [3.63, 3.8) is 0 Å². The van der Waals surface area contributed by atoms with Crippen molar-refractivity contribution in [1.29, 1.82) is 0 Å². The van der Waals surface area contributed by atoms with Crippen LogP contribution in [-0.4, -0.2) is 16.9 Å². The van der Waals surface area contributed by atoms with Crippen LogP contribution in [0.2, 0.25) is 0 Å². The molecule has 0 bridgehead atoms. The van der Waals surface area contributed by atoms with Crippen LogP contribution in [-0.2, 0) is 11.4 Å². The van der Waals surface area contributed by atoms with Gasteiger partial charge in [-0.25, -0.2) is 0 Å². The minimum absolute atomic E-state index is 0.126. The fourth-order valence-corrected chi connectivity index (χ4v) is 7.60. The second-order valence-corrected chi connectivity index (χ2v) is 10.9. The van der Waals surface area contributed by atoms with Gasteiger partial charge in [0.2, 0.25) is 0 Å². The van der Waals surface area contributed by atoms with E-state index < -0.39 is 0 Å². The van der Waals surface area contributed by atoms with Gasteiger partial charge in [0.05, 0.1) is 11.8 Å². The molecule has 4 aliphatic rings. The van der Waals surface area contributed by atoms with Gasteiger partial charge in [-0.1, -0.05) is 67.1 Å². The van der Waals surface area contributed by atoms with Crippen molar-refractivity contribution >= 4 is 5.71 Å². The Bertz CT molecular complexity index is 916. The summed E-state index contributed by atoms with van der Waals surface area (Å²) in [4.78, 5) is 5.74. The normalized spacial score (nSPS) is 39.7. The zero-order valence-electron chi connectivity index (χ0n) is 19.3. The molecule has 3 heteroatoms. The van der Waals surface area contributed by atoms with Gasteiger partial charge in [0, 0.05) is 0 Å². The number of benzene rings is 1. The summed E-state index contributed by atoms with van der Waals surface area (Å²) >= 11 is 0. The van der Waals surface area contributed by atoms with E-state index in [1.807, 2.05) is 18.2 Å². The topological polar surface area (TPSA) is 41.8 Å². The Hall–Kier alpha value is -1.87. The molecular weight excluding hydrogens is 382 g/mol. The Labute approximate surface area is 187 Å². The largest absolute Gasteiger partial charge is 0.393 e. The summed E-state index contributed by atoms with van der Waals surface area (Å²) < 4.78 is 0. The molecule has 1 N–H and O–H groups in total. The van der Waals surface area contributed by atoms with Crippen LogP contribution in [0.15, 0.2) is 58.8 Å². The van der Waals surface area contributed by atoms with E-state index >= 15 is 0 Å². The molecule has 1 aromatic carbocycles. The molecule has 2 saturated carbocycles. The van der Waals surface area contributed by atoms with Gasteiger partial charge in [-0.3, -0.25) is 0 Å². The molecule has 5 rings (SSSR count). The van der Waals surface area contributed by atoms with Crippen molar-refractivity contribution in [3.05, 3.63) is 59.2 Å². The third kappa shape index (κ3) is 3.50. The number of aliphatic hydroxyl groups is 1. The summed E-state index contributed by atoms with van der Waals surface area (Å²) in [7, 11) is 0. The van der Waals surface area contributed by atoms with Gasteiger partial charge >= 0.3 is 0 Å². The van der Waals surface area contributed by atoms with Crippen molar-refractivity contribution in [2.75, 3.05) is 0 Å². The third-order valence-corrected chi connectivity index (χ3v) is 9.32. The van der Waals surface area contributed by atoms with E-state index in [1.54, 1.807) is 5.57 Å². The first-order chi connectivity index (χ1) is 14.9. The molecule has 0 spiro atoms. The van der Waals surface area contributed by atoms with Crippen molar-refractivity contribution in [3.8, 4) is 0 Å². The van der Waals surface area contributed by atoms with Crippen molar-refractivity contribution in [1.82, 2.24) is 0 Å². The molecule has 0 aromatic heterocycles. The molecule has 31 heavy (non-hydrogen) atoms.